The molecule has 3 amide bonds. The highest BCUT2D eigenvalue weighted by atomic mass is 16.5. The van der Waals surface area contributed by atoms with Crippen LogP contribution in [0.2, 0.25) is 0 Å². The maximum atomic E-state index is 12.7. The molecule has 3 rings (SSSR count). The summed E-state index contributed by atoms with van der Waals surface area (Å²) < 4.78 is 7.07. The zero-order valence-corrected chi connectivity index (χ0v) is 15.6. The summed E-state index contributed by atoms with van der Waals surface area (Å²) in [5.41, 5.74) is 8.20. The predicted octanol–water partition coefficient (Wildman–Crippen LogP) is 1.64. The van der Waals surface area contributed by atoms with Crippen LogP contribution < -0.4 is 15.8 Å². The van der Waals surface area contributed by atoms with E-state index in [4.69, 9.17) is 10.5 Å². The van der Waals surface area contributed by atoms with E-state index in [1.807, 2.05) is 41.9 Å². The quantitative estimate of drug-likeness (QED) is 0.806. The van der Waals surface area contributed by atoms with Gasteiger partial charge in [0.25, 0.3) is 5.91 Å². The summed E-state index contributed by atoms with van der Waals surface area (Å²) in [7, 11) is 1.91. The number of carbonyl (C=O) groups excluding carboxylic acids is 2. The number of aryl methyl sites for hydroxylation is 1. The van der Waals surface area contributed by atoms with Gasteiger partial charge < -0.3 is 20.7 Å². The molecule has 1 aromatic carbocycles. The Hall–Kier alpha value is -3.03. The van der Waals surface area contributed by atoms with Crippen LogP contribution in [0.25, 0.3) is 0 Å². The number of carbonyl (C=O) groups is 2. The Kier molecular flexibility index (Phi) is 5.63. The van der Waals surface area contributed by atoms with Gasteiger partial charge in [-0.05, 0) is 37.5 Å². The first-order valence-electron chi connectivity index (χ1n) is 8.98. The maximum absolute atomic E-state index is 12.7. The van der Waals surface area contributed by atoms with E-state index in [-0.39, 0.29) is 18.7 Å². The van der Waals surface area contributed by atoms with Gasteiger partial charge in [0.05, 0.1) is 12.2 Å². The molecule has 2 heterocycles. The molecule has 1 fully saturated rings. The van der Waals surface area contributed by atoms with Crippen molar-refractivity contribution in [1.29, 1.82) is 0 Å². The van der Waals surface area contributed by atoms with Crippen molar-refractivity contribution in [1.82, 2.24) is 20.0 Å². The molecular weight excluding hydrogens is 346 g/mol. The molecule has 1 aliphatic heterocycles. The third-order valence-electron chi connectivity index (χ3n) is 4.89. The van der Waals surface area contributed by atoms with Gasteiger partial charge in [0.1, 0.15) is 5.75 Å². The van der Waals surface area contributed by atoms with Gasteiger partial charge in [-0.15, -0.1) is 0 Å². The van der Waals surface area contributed by atoms with Gasteiger partial charge in [0.2, 0.25) is 0 Å². The number of amides is 3. The Morgan fingerprint density at radius 3 is 2.70 bits per heavy atom. The second kappa shape index (κ2) is 8.11. The molecule has 8 heteroatoms. The SMILES string of the molecule is Cc1c(C2CCCN2C(=O)NCc2ccc(OCC(N)=O)cc2)cnn1C. The highest BCUT2D eigenvalue weighted by molar-refractivity contribution is 5.75. The Morgan fingerprint density at radius 1 is 1.33 bits per heavy atom. The molecule has 1 aromatic heterocycles. The highest BCUT2D eigenvalue weighted by Crippen LogP contribution is 2.33. The smallest absolute Gasteiger partial charge is 0.318 e. The average molecular weight is 371 g/mol. The van der Waals surface area contributed by atoms with E-state index >= 15 is 0 Å². The van der Waals surface area contributed by atoms with Crippen molar-refractivity contribution >= 4 is 11.9 Å². The normalized spacial score (nSPS) is 16.4. The monoisotopic (exact) mass is 371 g/mol. The number of primary amides is 1. The minimum Gasteiger partial charge on any atom is -0.484 e. The Balaban J connectivity index is 1.57. The first-order valence-corrected chi connectivity index (χ1v) is 8.98. The second-order valence-corrected chi connectivity index (χ2v) is 6.72. The summed E-state index contributed by atoms with van der Waals surface area (Å²) in [6.07, 6.45) is 3.79. The first-order chi connectivity index (χ1) is 13.0. The van der Waals surface area contributed by atoms with Crippen molar-refractivity contribution in [2.24, 2.45) is 12.8 Å². The molecule has 1 saturated heterocycles. The number of hydrogen-bond donors (Lipinski definition) is 2. The number of benzene rings is 1. The molecule has 1 atom stereocenters. The molecule has 1 aliphatic rings. The standard InChI is InChI=1S/C19H25N5O3/c1-13-16(11-22-23(13)2)17-4-3-9-24(17)19(26)21-10-14-5-7-15(8-6-14)27-12-18(20)25/h5-8,11,17H,3-4,9-10,12H2,1-2H3,(H2,20,25)(H,21,26). The van der Waals surface area contributed by atoms with Crippen LogP contribution in [0.15, 0.2) is 30.5 Å². The van der Waals surface area contributed by atoms with E-state index in [1.54, 1.807) is 12.1 Å². The minimum absolute atomic E-state index is 0.0725. The van der Waals surface area contributed by atoms with Crippen LogP contribution in [0.4, 0.5) is 4.79 Å². The number of ether oxygens (including phenoxy) is 1. The number of hydrogen-bond acceptors (Lipinski definition) is 4. The lowest BCUT2D eigenvalue weighted by atomic mass is 10.1. The van der Waals surface area contributed by atoms with Gasteiger partial charge in [-0.2, -0.15) is 5.10 Å². The molecular formula is C19H25N5O3. The van der Waals surface area contributed by atoms with Crippen LogP contribution in [-0.4, -0.2) is 39.8 Å². The van der Waals surface area contributed by atoms with Crippen LogP contribution in [-0.2, 0) is 18.4 Å². The zero-order valence-electron chi connectivity index (χ0n) is 15.6. The van der Waals surface area contributed by atoms with Crippen LogP contribution in [0.3, 0.4) is 0 Å². The van der Waals surface area contributed by atoms with Gasteiger partial charge in [-0.1, -0.05) is 12.1 Å². The molecule has 0 radical (unpaired) electrons. The van der Waals surface area contributed by atoms with Crippen LogP contribution in [0.5, 0.6) is 5.75 Å². The fourth-order valence-corrected chi connectivity index (χ4v) is 3.31. The number of likely N-dealkylation sites (tertiary alicyclic amines) is 1. The van der Waals surface area contributed by atoms with Crippen molar-refractivity contribution in [2.75, 3.05) is 13.2 Å². The fourth-order valence-electron chi connectivity index (χ4n) is 3.31. The van der Waals surface area contributed by atoms with Crippen LogP contribution >= 0.6 is 0 Å². The van der Waals surface area contributed by atoms with Crippen LogP contribution in [0, 0.1) is 6.92 Å². The molecule has 0 bridgehead atoms. The summed E-state index contributed by atoms with van der Waals surface area (Å²) >= 11 is 0. The lowest BCUT2D eigenvalue weighted by molar-refractivity contribution is -0.119. The van der Waals surface area contributed by atoms with Gasteiger partial charge in [0.15, 0.2) is 6.61 Å². The number of nitrogens with zero attached hydrogens (tertiary/aromatic N) is 3. The zero-order chi connectivity index (χ0) is 19.4. The van der Waals surface area contributed by atoms with E-state index in [0.29, 0.717) is 12.3 Å². The number of nitrogens with two attached hydrogens (primary N) is 1. The van der Waals surface area contributed by atoms with Crippen LogP contribution in [0.1, 0.15) is 35.7 Å². The van der Waals surface area contributed by atoms with Crippen molar-refractivity contribution < 1.29 is 14.3 Å². The molecule has 1 unspecified atom stereocenters. The number of rotatable bonds is 6. The Bertz CT molecular complexity index is 815. The molecule has 0 saturated carbocycles. The van der Waals surface area contributed by atoms with Crippen molar-refractivity contribution in [3.05, 3.63) is 47.3 Å². The summed E-state index contributed by atoms with van der Waals surface area (Å²) in [6, 6.07) is 7.20. The van der Waals surface area contributed by atoms with Gasteiger partial charge in [0, 0.05) is 31.4 Å². The topological polar surface area (TPSA) is 102 Å². The van der Waals surface area contributed by atoms with E-state index in [0.717, 1.165) is 36.2 Å². The van der Waals surface area contributed by atoms with E-state index in [9.17, 15) is 9.59 Å². The minimum atomic E-state index is -0.518. The lowest BCUT2D eigenvalue weighted by Crippen LogP contribution is -2.39. The van der Waals surface area contributed by atoms with E-state index in [1.165, 1.54) is 0 Å². The van der Waals surface area contributed by atoms with Crippen molar-refractivity contribution in [3.63, 3.8) is 0 Å². The number of nitrogens with one attached hydrogen (secondary N) is 1. The van der Waals surface area contributed by atoms with Gasteiger partial charge in [-0.25, -0.2) is 4.79 Å². The largest absolute Gasteiger partial charge is 0.484 e. The molecule has 8 nitrogen and oxygen atoms in total. The van der Waals surface area contributed by atoms with E-state index < -0.39 is 5.91 Å². The van der Waals surface area contributed by atoms with Crippen molar-refractivity contribution in [2.45, 2.75) is 32.4 Å². The summed E-state index contributed by atoms with van der Waals surface area (Å²) in [5, 5.41) is 7.28. The summed E-state index contributed by atoms with van der Waals surface area (Å²) in [6.45, 7) is 3.04. The maximum Gasteiger partial charge on any atom is 0.318 e. The average Bonchev–Trinajstić information content (AvgIpc) is 3.26. The Morgan fingerprint density at radius 2 is 2.07 bits per heavy atom. The van der Waals surface area contributed by atoms with E-state index in [2.05, 4.69) is 10.4 Å². The number of urea groups is 1. The highest BCUT2D eigenvalue weighted by Gasteiger charge is 2.31. The van der Waals surface area contributed by atoms with Gasteiger partial charge in [-0.3, -0.25) is 9.48 Å². The molecule has 2 aromatic rings. The lowest BCUT2D eigenvalue weighted by Gasteiger charge is -2.25. The molecule has 3 N–H and O–H groups in total. The molecule has 0 aliphatic carbocycles. The Labute approximate surface area is 158 Å². The molecule has 144 valence electrons. The number of aromatic nitrogens is 2. The summed E-state index contributed by atoms with van der Waals surface area (Å²) in [4.78, 5) is 25.3. The fraction of sp³-hybridized carbons (Fsp3) is 0.421. The predicted molar refractivity (Wildman–Crippen MR) is 100.0 cm³/mol. The third kappa shape index (κ3) is 4.39. The summed E-state index contributed by atoms with van der Waals surface area (Å²) in [5.74, 6) is 0.0471. The van der Waals surface area contributed by atoms with Gasteiger partial charge >= 0.3 is 6.03 Å². The van der Waals surface area contributed by atoms with Crippen molar-refractivity contribution in [3.8, 4) is 5.75 Å². The molecule has 27 heavy (non-hydrogen) atoms. The molecule has 0 spiro atoms. The third-order valence-corrected chi connectivity index (χ3v) is 4.89. The first kappa shape index (κ1) is 18.8. The second-order valence-electron chi connectivity index (χ2n) is 6.72.